The molecule has 0 amide bonds. The Morgan fingerprint density at radius 1 is 0.864 bits per heavy atom. The van der Waals surface area contributed by atoms with Gasteiger partial charge in [-0.05, 0) is 34.4 Å². The second-order valence-electron chi connectivity index (χ2n) is 5.86. The molecule has 22 heavy (non-hydrogen) atoms. The number of allylic oxidation sites excluding steroid dienone is 1. The lowest BCUT2D eigenvalue weighted by Gasteiger charge is -2.18. The Morgan fingerprint density at radius 2 is 1.64 bits per heavy atom. The van der Waals surface area contributed by atoms with Crippen LogP contribution in [-0.4, -0.2) is 6.29 Å². The van der Waals surface area contributed by atoms with Gasteiger partial charge in [0.1, 0.15) is 0 Å². The first kappa shape index (κ1) is 13.0. The minimum absolute atomic E-state index is 0.181. The number of hydrogen-bond donors (Lipinski definition) is 0. The lowest BCUT2D eigenvalue weighted by atomic mass is 9.84. The number of benzene rings is 3. The number of hydrogen-bond acceptors (Lipinski definition) is 1. The van der Waals surface area contributed by atoms with E-state index in [1.165, 1.54) is 16.7 Å². The maximum Gasteiger partial charge on any atom is 0.150 e. The molecule has 1 aliphatic rings. The van der Waals surface area contributed by atoms with Crippen molar-refractivity contribution in [2.75, 3.05) is 0 Å². The smallest absolute Gasteiger partial charge is 0.150 e. The lowest BCUT2D eigenvalue weighted by molar-refractivity contribution is 0.112. The average molecular weight is 284 g/mol. The molecule has 1 heteroatoms. The van der Waals surface area contributed by atoms with Crippen LogP contribution in [0, 0.1) is 0 Å². The number of rotatable bonds is 2. The number of aldehydes is 1. The Kier molecular flexibility index (Phi) is 2.93. The standard InChI is InChI=1S/C21H16O/c1-14-12-16-7-3-5-9-18(16)21(14)19-11-10-15-6-2-4-8-17(15)20(19)13-22/h2-13,21H,1H3. The van der Waals surface area contributed by atoms with Crippen molar-refractivity contribution >= 4 is 23.1 Å². The summed E-state index contributed by atoms with van der Waals surface area (Å²) < 4.78 is 0. The predicted molar refractivity (Wildman–Crippen MR) is 91.3 cm³/mol. The van der Waals surface area contributed by atoms with Crippen LogP contribution in [0.2, 0.25) is 0 Å². The van der Waals surface area contributed by atoms with Gasteiger partial charge in [0.25, 0.3) is 0 Å². The molecule has 0 saturated heterocycles. The van der Waals surface area contributed by atoms with E-state index in [1.807, 2.05) is 18.2 Å². The minimum atomic E-state index is 0.181. The third-order valence-electron chi connectivity index (χ3n) is 4.58. The van der Waals surface area contributed by atoms with Crippen molar-refractivity contribution < 1.29 is 4.79 Å². The summed E-state index contributed by atoms with van der Waals surface area (Å²) in [7, 11) is 0. The molecule has 0 fully saturated rings. The van der Waals surface area contributed by atoms with E-state index in [4.69, 9.17) is 0 Å². The van der Waals surface area contributed by atoms with Crippen LogP contribution >= 0.6 is 0 Å². The topological polar surface area (TPSA) is 17.1 Å². The third kappa shape index (κ3) is 1.82. The number of carbonyl (C=O) groups is 1. The van der Waals surface area contributed by atoms with Gasteiger partial charge in [-0.2, -0.15) is 0 Å². The van der Waals surface area contributed by atoms with Gasteiger partial charge in [-0.15, -0.1) is 0 Å². The summed E-state index contributed by atoms with van der Waals surface area (Å²) in [4.78, 5) is 11.8. The van der Waals surface area contributed by atoms with E-state index in [0.717, 1.165) is 28.2 Å². The lowest BCUT2D eigenvalue weighted by Crippen LogP contribution is -2.04. The highest BCUT2D eigenvalue weighted by atomic mass is 16.1. The van der Waals surface area contributed by atoms with Crippen LogP contribution in [0.1, 0.15) is 39.9 Å². The monoisotopic (exact) mass is 284 g/mol. The maximum atomic E-state index is 11.8. The molecule has 1 nitrogen and oxygen atoms in total. The van der Waals surface area contributed by atoms with Gasteiger partial charge in [0.15, 0.2) is 6.29 Å². The Morgan fingerprint density at radius 3 is 2.50 bits per heavy atom. The highest BCUT2D eigenvalue weighted by Crippen LogP contribution is 2.42. The minimum Gasteiger partial charge on any atom is -0.298 e. The van der Waals surface area contributed by atoms with Gasteiger partial charge in [0.05, 0.1) is 0 Å². The van der Waals surface area contributed by atoms with E-state index >= 15 is 0 Å². The number of fused-ring (bicyclic) bond motifs is 2. The van der Waals surface area contributed by atoms with Crippen LogP contribution in [-0.2, 0) is 0 Å². The van der Waals surface area contributed by atoms with Crippen molar-refractivity contribution in [1.82, 2.24) is 0 Å². The van der Waals surface area contributed by atoms with Crippen LogP contribution < -0.4 is 0 Å². The fourth-order valence-electron chi connectivity index (χ4n) is 3.59. The molecule has 1 aliphatic carbocycles. The molecule has 4 rings (SSSR count). The maximum absolute atomic E-state index is 11.8. The van der Waals surface area contributed by atoms with Crippen LogP contribution in [0.3, 0.4) is 0 Å². The van der Waals surface area contributed by atoms with E-state index < -0.39 is 0 Å². The van der Waals surface area contributed by atoms with Crippen molar-refractivity contribution in [1.29, 1.82) is 0 Å². The normalized spacial score (nSPS) is 16.4. The first-order valence-corrected chi connectivity index (χ1v) is 7.53. The molecule has 106 valence electrons. The van der Waals surface area contributed by atoms with Gasteiger partial charge in [-0.3, -0.25) is 4.79 Å². The fourth-order valence-corrected chi connectivity index (χ4v) is 3.59. The molecule has 1 atom stereocenters. The van der Waals surface area contributed by atoms with Crippen molar-refractivity contribution in [3.63, 3.8) is 0 Å². The first-order chi connectivity index (χ1) is 10.8. The zero-order valence-electron chi connectivity index (χ0n) is 12.4. The van der Waals surface area contributed by atoms with Gasteiger partial charge in [0, 0.05) is 11.5 Å². The predicted octanol–water partition coefficient (Wildman–Crippen LogP) is 5.20. The molecule has 0 aromatic heterocycles. The van der Waals surface area contributed by atoms with Crippen molar-refractivity contribution in [3.05, 3.63) is 88.5 Å². The van der Waals surface area contributed by atoms with Crippen molar-refractivity contribution in [2.24, 2.45) is 0 Å². The Hall–Kier alpha value is -2.67. The zero-order valence-corrected chi connectivity index (χ0v) is 12.4. The Bertz CT molecular complexity index is 918. The Labute approximate surface area is 129 Å². The molecule has 0 N–H and O–H groups in total. The average Bonchev–Trinajstić information content (AvgIpc) is 2.89. The molecule has 0 aliphatic heterocycles. The molecular weight excluding hydrogens is 268 g/mol. The molecule has 3 aromatic rings. The van der Waals surface area contributed by atoms with Gasteiger partial charge in [-0.25, -0.2) is 0 Å². The van der Waals surface area contributed by atoms with E-state index in [2.05, 4.69) is 55.5 Å². The second-order valence-corrected chi connectivity index (χ2v) is 5.86. The first-order valence-electron chi connectivity index (χ1n) is 7.53. The quantitative estimate of drug-likeness (QED) is 0.591. The van der Waals surface area contributed by atoms with Crippen LogP contribution in [0.25, 0.3) is 16.8 Å². The summed E-state index contributed by atoms with van der Waals surface area (Å²) in [5, 5.41) is 2.15. The summed E-state index contributed by atoms with van der Waals surface area (Å²) in [6.45, 7) is 2.15. The highest BCUT2D eigenvalue weighted by molar-refractivity contribution is 6.00. The molecule has 3 aromatic carbocycles. The van der Waals surface area contributed by atoms with E-state index in [1.54, 1.807) is 0 Å². The SMILES string of the molecule is CC1=Cc2ccccc2C1c1ccc2ccccc2c1C=O. The molecule has 0 spiro atoms. The molecule has 0 saturated carbocycles. The molecular formula is C21H16O. The van der Waals surface area contributed by atoms with E-state index in [-0.39, 0.29) is 5.92 Å². The summed E-state index contributed by atoms with van der Waals surface area (Å²) in [5.74, 6) is 0.181. The summed E-state index contributed by atoms with van der Waals surface area (Å²) in [5.41, 5.74) is 5.76. The van der Waals surface area contributed by atoms with Crippen LogP contribution in [0.4, 0.5) is 0 Å². The molecule has 0 bridgehead atoms. The molecule has 0 radical (unpaired) electrons. The zero-order chi connectivity index (χ0) is 15.1. The van der Waals surface area contributed by atoms with Gasteiger partial charge in [-0.1, -0.05) is 72.3 Å². The van der Waals surface area contributed by atoms with Gasteiger partial charge >= 0.3 is 0 Å². The summed E-state index contributed by atoms with van der Waals surface area (Å²) in [6.07, 6.45) is 3.23. The third-order valence-corrected chi connectivity index (χ3v) is 4.58. The van der Waals surface area contributed by atoms with Gasteiger partial charge in [0.2, 0.25) is 0 Å². The van der Waals surface area contributed by atoms with Crippen molar-refractivity contribution in [3.8, 4) is 0 Å². The fraction of sp³-hybridized carbons (Fsp3) is 0.0952. The van der Waals surface area contributed by atoms with E-state index in [0.29, 0.717) is 0 Å². The number of carbonyl (C=O) groups excluding carboxylic acids is 1. The highest BCUT2D eigenvalue weighted by Gasteiger charge is 2.26. The molecule has 1 unspecified atom stereocenters. The Balaban J connectivity index is 1.99. The van der Waals surface area contributed by atoms with Crippen LogP contribution in [0.15, 0.2) is 66.2 Å². The summed E-state index contributed by atoms with van der Waals surface area (Å²) in [6, 6.07) is 20.7. The second kappa shape index (κ2) is 4.96. The van der Waals surface area contributed by atoms with Gasteiger partial charge < -0.3 is 0 Å². The largest absolute Gasteiger partial charge is 0.298 e. The molecule has 0 heterocycles. The van der Waals surface area contributed by atoms with Crippen molar-refractivity contribution in [2.45, 2.75) is 12.8 Å². The van der Waals surface area contributed by atoms with E-state index in [9.17, 15) is 4.79 Å². The van der Waals surface area contributed by atoms with Crippen LogP contribution in [0.5, 0.6) is 0 Å². The summed E-state index contributed by atoms with van der Waals surface area (Å²) >= 11 is 0.